The number of benzene rings is 2. The molecule has 0 saturated heterocycles. The Balaban J connectivity index is 1.52. The number of aromatic nitrogens is 1. The van der Waals surface area contributed by atoms with Gasteiger partial charge in [0.15, 0.2) is 4.34 Å². The summed E-state index contributed by atoms with van der Waals surface area (Å²) in [6.07, 6.45) is 0. The zero-order valence-electron chi connectivity index (χ0n) is 14.4. The molecule has 0 fully saturated rings. The standard InChI is InChI=1S/C19H16ClN3O2S2/c1-12(24)21-15-6-8-16(9-7-15)22-18(25)11-27-19-23-17(10-26-19)13-2-4-14(20)5-3-13/h2-10H,11H2,1H3,(H,21,24)(H,22,25). The topological polar surface area (TPSA) is 71.1 Å². The molecular weight excluding hydrogens is 402 g/mol. The fourth-order valence-electron chi connectivity index (χ4n) is 2.24. The summed E-state index contributed by atoms with van der Waals surface area (Å²) in [6.45, 7) is 1.45. The summed E-state index contributed by atoms with van der Waals surface area (Å²) in [5.74, 6) is 0.0150. The predicted octanol–water partition coefficient (Wildman–Crippen LogP) is 5.15. The molecule has 0 unspecified atom stereocenters. The first-order valence-electron chi connectivity index (χ1n) is 8.01. The minimum absolute atomic E-state index is 0.115. The maximum Gasteiger partial charge on any atom is 0.234 e. The third-order valence-corrected chi connectivity index (χ3v) is 5.71. The lowest BCUT2D eigenvalue weighted by atomic mass is 10.2. The van der Waals surface area contributed by atoms with E-state index in [0.29, 0.717) is 16.4 Å². The molecule has 1 heterocycles. The highest BCUT2D eigenvalue weighted by atomic mass is 35.5. The van der Waals surface area contributed by atoms with Crippen LogP contribution < -0.4 is 10.6 Å². The Bertz CT molecular complexity index is 940. The van der Waals surface area contributed by atoms with Crippen LogP contribution in [0.3, 0.4) is 0 Å². The molecule has 8 heteroatoms. The minimum Gasteiger partial charge on any atom is -0.326 e. The molecule has 2 aromatic carbocycles. The summed E-state index contributed by atoms with van der Waals surface area (Å²) in [4.78, 5) is 27.7. The van der Waals surface area contributed by atoms with Gasteiger partial charge in [-0.05, 0) is 36.4 Å². The first-order valence-corrected chi connectivity index (χ1v) is 10.3. The number of hydrogen-bond donors (Lipinski definition) is 2. The molecule has 0 atom stereocenters. The summed E-state index contributed by atoms with van der Waals surface area (Å²) >= 11 is 8.79. The first-order chi connectivity index (χ1) is 13.0. The fraction of sp³-hybridized carbons (Fsp3) is 0.105. The van der Waals surface area contributed by atoms with Gasteiger partial charge in [0.05, 0.1) is 11.4 Å². The average Bonchev–Trinajstić information content (AvgIpc) is 3.11. The van der Waals surface area contributed by atoms with E-state index in [4.69, 9.17) is 11.6 Å². The van der Waals surface area contributed by atoms with Gasteiger partial charge < -0.3 is 10.6 Å². The van der Waals surface area contributed by atoms with E-state index >= 15 is 0 Å². The van der Waals surface area contributed by atoms with Gasteiger partial charge in [-0.15, -0.1) is 11.3 Å². The van der Waals surface area contributed by atoms with Crippen LogP contribution in [0.25, 0.3) is 11.3 Å². The predicted molar refractivity (Wildman–Crippen MR) is 113 cm³/mol. The van der Waals surface area contributed by atoms with Gasteiger partial charge in [0.2, 0.25) is 11.8 Å². The van der Waals surface area contributed by atoms with Crippen molar-refractivity contribution in [1.29, 1.82) is 0 Å². The van der Waals surface area contributed by atoms with Crippen LogP contribution in [-0.4, -0.2) is 22.6 Å². The second-order valence-corrected chi connectivity index (χ2v) is 8.12. The van der Waals surface area contributed by atoms with Crippen molar-refractivity contribution in [3.63, 3.8) is 0 Å². The van der Waals surface area contributed by atoms with Crippen molar-refractivity contribution in [2.75, 3.05) is 16.4 Å². The zero-order chi connectivity index (χ0) is 19.2. The van der Waals surface area contributed by atoms with Crippen molar-refractivity contribution < 1.29 is 9.59 Å². The van der Waals surface area contributed by atoms with E-state index in [2.05, 4.69) is 15.6 Å². The second kappa shape index (κ2) is 9.03. The van der Waals surface area contributed by atoms with Crippen LogP contribution in [0.1, 0.15) is 6.92 Å². The van der Waals surface area contributed by atoms with E-state index in [-0.39, 0.29) is 17.6 Å². The van der Waals surface area contributed by atoms with Gasteiger partial charge >= 0.3 is 0 Å². The van der Waals surface area contributed by atoms with E-state index in [1.165, 1.54) is 30.0 Å². The molecule has 3 aromatic rings. The fourth-order valence-corrected chi connectivity index (χ4v) is 4.00. The van der Waals surface area contributed by atoms with E-state index in [9.17, 15) is 9.59 Å². The van der Waals surface area contributed by atoms with Gasteiger partial charge in [0.25, 0.3) is 0 Å². The van der Waals surface area contributed by atoms with E-state index < -0.39 is 0 Å². The maximum atomic E-state index is 12.1. The lowest BCUT2D eigenvalue weighted by Gasteiger charge is -2.06. The van der Waals surface area contributed by atoms with Gasteiger partial charge in [-0.25, -0.2) is 4.98 Å². The zero-order valence-corrected chi connectivity index (χ0v) is 16.8. The SMILES string of the molecule is CC(=O)Nc1ccc(NC(=O)CSc2nc(-c3ccc(Cl)cc3)cs2)cc1. The van der Waals surface area contributed by atoms with E-state index in [1.807, 2.05) is 29.6 Å². The number of halogens is 1. The molecule has 2 N–H and O–H groups in total. The Morgan fingerprint density at radius 1 is 1.04 bits per heavy atom. The van der Waals surface area contributed by atoms with Crippen molar-refractivity contribution >= 4 is 57.9 Å². The molecular formula is C19H16ClN3O2S2. The Kier molecular flexibility index (Phi) is 6.49. The monoisotopic (exact) mass is 417 g/mol. The Morgan fingerprint density at radius 2 is 1.67 bits per heavy atom. The maximum absolute atomic E-state index is 12.1. The molecule has 0 spiro atoms. The van der Waals surface area contributed by atoms with Crippen LogP contribution in [0.2, 0.25) is 5.02 Å². The molecule has 27 heavy (non-hydrogen) atoms. The van der Waals surface area contributed by atoms with E-state index in [1.54, 1.807) is 24.3 Å². The Hall–Kier alpha value is -2.35. The van der Waals surface area contributed by atoms with E-state index in [0.717, 1.165) is 15.6 Å². The van der Waals surface area contributed by atoms with Crippen LogP contribution in [0, 0.1) is 0 Å². The summed E-state index contributed by atoms with van der Waals surface area (Å²) in [7, 11) is 0. The smallest absolute Gasteiger partial charge is 0.234 e. The number of carbonyl (C=O) groups excluding carboxylic acids is 2. The summed E-state index contributed by atoms with van der Waals surface area (Å²) in [6, 6.07) is 14.5. The third kappa shape index (κ3) is 5.82. The molecule has 0 aliphatic heterocycles. The third-order valence-electron chi connectivity index (χ3n) is 3.44. The number of hydrogen-bond acceptors (Lipinski definition) is 5. The molecule has 2 amide bonds. The number of nitrogens with one attached hydrogen (secondary N) is 2. The number of nitrogens with zero attached hydrogens (tertiary/aromatic N) is 1. The van der Waals surface area contributed by atoms with Gasteiger partial charge in [0.1, 0.15) is 0 Å². The highest BCUT2D eigenvalue weighted by Gasteiger charge is 2.09. The number of carbonyl (C=O) groups is 2. The number of amides is 2. The molecule has 0 radical (unpaired) electrons. The van der Waals surface area contributed by atoms with Crippen LogP contribution in [0.4, 0.5) is 11.4 Å². The largest absolute Gasteiger partial charge is 0.326 e. The lowest BCUT2D eigenvalue weighted by molar-refractivity contribution is -0.114. The van der Waals surface area contributed by atoms with Crippen molar-refractivity contribution in [3.8, 4) is 11.3 Å². The number of anilines is 2. The van der Waals surface area contributed by atoms with Crippen LogP contribution >= 0.6 is 34.7 Å². The molecule has 3 rings (SSSR count). The van der Waals surface area contributed by atoms with Crippen LogP contribution in [0.15, 0.2) is 58.3 Å². The molecule has 0 aliphatic rings. The minimum atomic E-state index is -0.135. The quantitative estimate of drug-likeness (QED) is 0.544. The van der Waals surface area contributed by atoms with Crippen molar-refractivity contribution in [2.45, 2.75) is 11.3 Å². The molecule has 1 aromatic heterocycles. The van der Waals surface area contributed by atoms with Crippen LogP contribution in [0.5, 0.6) is 0 Å². The highest BCUT2D eigenvalue weighted by molar-refractivity contribution is 8.01. The number of rotatable bonds is 6. The van der Waals surface area contributed by atoms with Gasteiger partial charge in [-0.3, -0.25) is 9.59 Å². The molecule has 5 nitrogen and oxygen atoms in total. The molecule has 0 bridgehead atoms. The number of thiazole rings is 1. The summed E-state index contributed by atoms with van der Waals surface area (Å²) in [5.41, 5.74) is 3.22. The Morgan fingerprint density at radius 3 is 2.30 bits per heavy atom. The molecule has 0 aliphatic carbocycles. The summed E-state index contributed by atoms with van der Waals surface area (Å²) < 4.78 is 0.830. The van der Waals surface area contributed by atoms with Crippen molar-refractivity contribution in [1.82, 2.24) is 4.98 Å². The van der Waals surface area contributed by atoms with Crippen LogP contribution in [-0.2, 0) is 9.59 Å². The second-order valence-electron chi connectivity index (χ2n) is 5.60. The van der Waals surface area contributed by atoms with Gasteiger partial charge in [-0.1, -0.05) is 35.5 Å². The lowest BCUT2D eigenvalue weighted by Crippen LogP contribution is -2.14. The van der Waals surface area contributed by atoms with Crippen molar-refractivity contribution in [2.24, 2.45) is 0 Å². The highest BCUT2D eigenvalue weighted by Crippen LogP contribution is 2.29. The average molecular weight is 418 g/mol. The Labute approximate surface area is 170 Å². The number of thioether (sulfide) groups is 1. The molecule has 138 valence electrons. The normalized spacial score (nSPS) is 10.4. The summed E-state index contributed by atoms with van der Waals surface area (Å²) in [5, 5.41) is 8.16. The molecule has 0 saturated carbocycles. The van der Waals surface area contributed by atoms with Gasteiger partial charge in [-0.2, -0.15) is 0 Å². The van der Waals surface area contributed by atoms with Gasteiger partial charge in [0, 0.05) is 34.3 Å². The first kappa shape index (κ1) is 19.4. The van der Waals surface area contributed by atoms with Crippen molar-refractivity contribution in [3.05, 3.63) is 58.9 Å².